The number of halogens is 1. The average Bonchev–Trinajstić information content (AvgIpc) is 2.26. The van der Waals surface area contributed by atoms with Gasteiger partial charge in [-0.1, -0.05) is 32.9 Å². The van der Waals surface area contributed by atoms with Crippen LogP contribution in [-0.2, 0) is 0 Å². The van der Waals surface area contributed by atoms with Gasteiger partial charge < -0.3 is 4.90 Å². The highest BCUT2D eigenvalue weighted by atomic mass is 19.1. The van der Waals surface area contributed by atoms with Crippen LogP contribution < -0.4 is 4.90 Å². The lowest BCUT2D eigenvalue weighted by Crippen LogP contribution is -2.26. The number of hydrogen-bond acceptors (Lipinski definition) is 1. The smallest absolute Gasteiger partial charge is 0.146 e. The van der Waals surface area contributed by atoms with Crippen LogP contribution in [0.25, 0.3) is 0 Å². The molecule has 0 atom stereocenters. The van der Waals surface area contributed by atoms with E-state index in [1.807, 2.05) is 6.07 Å². The molecule has 0 aliphatic heterocycles. The van der Waals surface area contributed by atoms with E-state index < -0.39 is 0 Å². The first-order valence-electron chi connectivity index (χ1n) is 6.15. The molecule has 0 fully saturated rings. The van der Waals surface area contributed by atoms with Crippen molar-refractivity contribution < 1.29 is 4.39 Å². The van der Waals surface area contributed by atoms with Crippen LogP contribution in [0.4, 0.5) is 10.1 Å². The molecule has 1 aromatic rings. The van der Waals surface area contributed by atoms with E-state index >= 15 is 0 Å². The molecule has 0 aliphatic rings. The summed E-state index contributed by atoms with van der Waals surface area (Å²) in [6.07, 6.45) is 1.04. The van der Waals surface area contributed by atoms with E-state index in [0.29, 0.717) is 5.92 Å². The van der Waals surface area contributed by atoms with Crippen LogP contribution >= 0.6 is 0 Å². The Morgan fingerprint density at radius 3 is 2.44 bits per heavy atom. The number of nitrogens with zero attached hydrogens (tertiary/aromatic N) is 1. The number of para-hydroxylation sites is 1. The molecule has 1 nitrogen and oxygen atoms in total. The summed E-state index contributed by atoms with van der Waals surface area (Å²) < 4.78 is 13.9. The molecule has 16 heavy (non-hydrogen) atoms. The van der Waals surface area contributed by atoms with Crippen LogP contribution in [0.5, 0.6) is 0 Å². The largest absolute Gasteiger partial charge is 0.369 e. The Morgan fingerprint density at radius 1 is 1.25 bits per heavy atom. The SMILES string of the molecule is CCCN(CC)c1c(F)cccc1C(C)C. The Bertz CT molecular complexity index is 334. The van der Waals surface area contributed by atoms with Crippen LogP contribution in [0.15, 0.2) is 18.2 Å². The van der Waals surface area contributed by atoms with E-state index in [9.17, 15) is 4.39 Å². The van der Waals surface area contributed by atoms with Gasteiger partial charge >= 0.3 is 0 Å². The zero-order valence-corrected chi connectivity index (χ0v) is 10.8. The fourth-order valence-corrected chi connectivity index (χ4v) is 2.03. The van der Waals surface area contributed by atoms with Crippen molar-refractivity contribution in [2.24, 2.45) is 0 Å². The van der Waals surface area contributed by atoms with Crippen LogP contribution in [-0.4, -0.2) is 13.1 Å². The van der Waals surface area contributed by atoms with Crippen molar-refractivity contribution in [2.45, 2.75) is 40.0 Å². The molecule has 0 aliphatic carbocycles. The van der Waals surface area contributed by atoms with Crippen molar-refractivity contribution in [2.75, 3.05) is 18.0 Å². The normalized spacial score (nSPS) is 10.9. The monoisotopic (exact) mass is 223 g/mol. The zero-order valence-electron chi connectivity index (χ0n) is 10.8. The second-order valence-electron chi connectivity index (χ2n) is 4.41. The Kier molecular flexibility index (Phi) is 4.78. The first-order valence-corrected chi connectivity index (χ1v) is 6.15. The summed E-state index contributed by atoms with van der Waals surface area (Å²) in [7, 11) is 0. The number of rotatable bonds is 5. The number of hydrogen-bond donors (Lipinski definition) is 0. The third-order valence-electron chi connectivity index (χ3n) is 2.83. The quantitative estimate of drug-likeness (QED) is 0.723. The topological polar surface area (TPSA) is 3.24 Å². The summed E-state index contributed by atoms with van der Waals surface area (Å²) in [6, 6.07) is 5.38. The van der Waals surface area contributed by atoms with E-state index in [2.05, 4.69) is 32.6 Å². The molecule has 0 unspecified atom stereocenters. The van der Waals surface area contributed by atoms with Gasteiger partial charge in [0.05, 0.1) is 5.69 Å². The highest BCUT2D eigenvalue weighted by molar-refractivity contribution is 5.56. The molecule has 0 heterocycles. The van der Waals surface area contributed by atoms with Crippen LogP contribution in [0.3, 0.4) is 0 Å². The second-order valence-corrected chi connectivity index (χ2v) is 4.41. The molecule has 0 bridgehead atoms. The van der Waals surface area contributed by atoms with Crippen molar-refractivity contribution in [3.63, 3.8) is 0 Å². The van der Waals surface area contributed by atoms with Gasteiger partial charge in [-0.3, -0.25) is 0 Å². The van der Waals surface area contributed by atoms with E-state index in [-0.39, 0.29) is 5.82 Å². The lowest BCUT2D eigenvalue weighted by Gasteiger charge is -2.27. The molecular formula is C14H22FN. The van der Waals surface area contributed by atoms with Gasteiger partial charge in [0.2, 0.25) is 0 Å². The fourth-order valence-electron chi connectivity index (χ4n) is 2.03. The second kappa shape index (κ2) is 5.88. The van der Waals surface area contributed by atoms with Crippen molar-refractivity contribution in [1.29, 1.82) is 0 Å². The van der Waals surface area contributed by atoms with Gasteiger partial charge in [0, 0.05) is 13.1 Å². The average molecular weight is 223 g/mol. The lowest BCUT2D eigenvalue weighted by atomic mass is 10.00. The van der Waals surface area contributed by atoms with Crippen LogP contribution in [0.1, 0.15) is 45.6 Å². The minimum absolute atomic E-state index is 0.0958. The van der Waals surface area contributed by atoms with Crippen LogP contribution in [0, 0.1) is 5.82 Å². The third-order valence-corrected chi connectivity index (χ3v) is 2.83. The van der Waals surface area contributed by atoms with E-state index in [4.69, 9.17) is 0 Å². The van der Waals surface area contributed by atoms with Gasteiger partial charge in [0.15, 0.2) is 0 Å². The van der Waals surface area contributed by atoms with Crippen molar-refractivity contribution in [1.82, 2.24) is 0 Å². The van der Waals surface area contributed by atoms with Gasteiger partial charge in [-0.25, -0.2) is 4.39 Å². The summed E-state index contributed by atoms with van der Waals surface area (Å²) in [6.45, 7) is 10.2. The fraction of sp³-hybridized carbons (Fsp3) is 0.571. The summed E-state index contributed by atoms with van der Waals surface area (Å²) >= 11 is 0. The Hall–Kier alpha value is -1.05. The van der Waals surface area contributed by atoms with Crippen molar-refractivity contribution >= 4 is 5.69 Å². The predicted octanol–water partition coefficient (Wildman–Crippen LogP) is 4.19. The molecule has 2 heteroatoms. The standard InChI is InChI=1S/C14H22FN/c1-5-10-16(6-2)14-12(11(3)4)8-7-9-13(14)15/h7-9,11H,5-6,10H2,1-4H3. The van der Waals surface area contributed by atoms with Gasteiger partial charge in [-0.05, 0) is 30.9 Å². The molecule has 0 aromatic heterocycles. The maximum atomic E-state index is 13.9. The maximum Gasteiger partial charge on any atom is 0.146 e. The Morgan fingerprint density at radius 2 is 1.94 bits per heavy atom. The maximum absolute atomic E-state index is 13.9. The lowest BCUT2D eigenvalue weighted by molar-refractivity contribution is 0.611. The molecular weight excluding hydrogens is 201 g/mol. The summed E-state index contributed by atoms with van der Waals surface area (Å²) in [5.41, 5.74) is 1.90. The highest BCUT2D eigenvalue weighted by Crippen LogP contribution is 2.30. The highest BCUT2D eigenvalue weighted by Gasteiger charge is 2.15. The molecule has 1 rings (SSSR count). The Labute approximate surface area is 98.3 Å². The van der Waals surface area contributed by atoms with Gasteiger partial charge in [0.1, 0.15) is 5.82 Å². The van der Waals surface area contributed by atoms with E-state index in [0.717, 1.165) is 30.8 Å². The third kappa shape index (κ3) is 2.75. The number of benzene rings is 1. The minimum atomic E-state index is -0.0958. The molecule has 0 amide bonds. The zero-order chi connectivity index (χ0) is 12.1. The summed E-state index contributed by atoms with van der Waals surface area (Å²) in [4.78, 5) is 2.13. The Balaban J connectivity index is 3.17. The molecule has 0 radical (unpaired) electrons. The summed E-state index contributed by atoms with van der Waals surface area (Å²) in [5, 5.41) is 0. The molecule has 0 N–H and O–H groups in total. The van der Waals surface area contributed by atoms with E-state index in [1.165, 1.54) is 0 Å². The molecule has 90 valence electrons. The molecule has 0 saturated heterocycles. The predicted molar refractivity (Wildman–Crippen MR) is 68.7 cm³/mol. The molecule has 0 saturated carbocycles. The minimum Gasteiger partial charge on any atom is -0.369 e. The molecule has 1 aromatic carbocycles. The van der Waals surface area contributed by atoms with E-state index in [1.54, 1.807) is 12.1 Å². The first-order chi connectivity index (χ1) is 7.61. The van der Waals surface area contributed by atoms with Gasteiger partial charge in [0.25, 0.3) is 0 Å². The van der Waals surface area contributed by atoms with Crippen LogP contribution in [0.2, 0.25) is 0 Å². The van der Waals surface area contributed by atoms with Crippen molar-refractivity contribution in [3.05, 3.63) is 29.6 Å². The summed E-state index contributed by atoms with van der Waals surface area (Å²) in [5.74, 6) is 0.262. The molecule has 0 spiro atoms. The number of anilines is 1. The first kappa shape index (κ1) is 13.0. The van der Waals surface area contributed by atoms with Gasteiger partial charge in [-0.15, -0.1) is 0 Å². The van der Waals surface area contributed by atoms with Gasteiger partial charge in [-0.2, -0.15) is 0 Å². The van der Waals surface area contributed by atoms with Crippen molar-refractivity contribution in [3.8, 4) is 0 Å².